The fourth-order valence-electron chi connectivity index (χ4n) is 1.86. The second kappa shape index (κ2) is 6.81. The van der Waals surface area contributed by atoms with Crippen LogP contribution in [-0.4, -0.2) is 23.7 Å². The van der Waals surface area contributed by atoms with Crippen molar-refractivity contribution in [1.82, 2.24) is 5.32 Å². The summed E-state index contributed by atoms with van der Waals surface area (Å²) in [5.74, 6) is 0.878. The van der Waals surface area contributed by atoms with E-state index in [0.29, 0.717) is 12.5 Å². The standard InChI is InChI=1S/C14H20N2OS/c15-11(9-14(17)16-12-5-4-6-12)10-18-13-7-2-1-3-8-13/h1-3,7-8,11-12H,4-6,9-10,15H2,(H,16,17)/t11-/m1/s1. The third-order valence-corrected chi connectivity index (χ3v) is 4.33. The zero-order valence-electron chi connectivity index (χ0n) is 10.5. The lowest BCUT2D eigenvalue weighted by molar-refractivity contribution is -0.122. The SMILES string of the molecule is N[C@@H](CSc1ccccc1)CC(=O)NC1CCC1. The Morgan fingerprint density at radius 1 is 1.39 bits per heavy atom. The molecule has 1 fully saturated rings. The van der Waals surface area contributed by atoms with Crippen molar-refractivity contribution in [2.24, 2.45) is 5.73 Å². The van der Waals surface area contributed by atoms with E-state index in [4.69, 9.17) is 5.73 Å². The quantitative estimate of drug-likeness (QED) is 0.774. The van der Waals surface area contributed by atoms with Crippen molar-refractivity contribution in [3.8, 4) is 0 Å². The molecule has 1 aromatic carbocycles. The molecule has 0 radical (unpaired) electrons. The van der Waals surface area contributed by atoms with E-state index in [-0.39, 0.29) is 11.9 Å². The maximum absolute atomic E-state index is 11.7. The van der Waals surface area contributed by atoms with Crippen molar-refractivity contribution in [2.45, 2.75) is 42.7 Å². The molecule has 1 aromatic rings. The molecule has 2 rings (SSSR count). The fraction of sp³-hybridized carbons (Fsp3) is 0.500. The second-order valence-corrected chi connectivity index (χ2v) is 5.88. The molecule has 4 heteroatoms. The Bertz CT molecular complexity index is 379. The van der Waals surface area contributed by atoms with Crippen LogP contribution in [0.4, 0.5) is 0 Å². The van der Waals surface area contributed by atoms with Gasteiger partial charge < -0.3 is 11.1 Å². The van der Waals surface area contributed by atoms with Gasteiger partial charge in [-0.2, -0.15) is 0 Å². The highest BCUT2D eigenvalue weighted by atomic mass is 32.2. The van der Waals surface area contributed by atoms with Gasteiger partial charge >= 0.3 is 0 Å². The second-order valence-electron chi connectivity index (χ2n) is 4.78. The van der Waals surface area contributed by atoms with Crippen LogP contribution in [0.25, 0.3) is 0 Å². The Hall–Kier alpha value is -1.00. The molecule has 3 N–H and O–H groups in total. The van der Waals surface area contributed by atoms with E-state index >= 15 is 0 Å². The van der Waals surface area contributed by atoms with Crippen molar-refractivity contribution in [1.29, 1.82) is 0 Å². The topological polar surface area (TPSA) is 55.1 Å². The number of rotatable bonds is 6. The van der Waals surface area contributed by atoms with E-state index in [1.807, 2.05) is 18.2 Å². The van der Waals surface area contributed by atoms with Gasteiger partial charge in [0.05, 0.1) is 0 Å². The number of carbonyl (C=O) groups excluding carboxylic acids is 1. The molecule has 18 heavy (non-hydrogen) atoms. The van der Waals surface area contributed by atoms with Gasteiger partial charge in [-0.15, -0.1) is 11.8 Å². The lowest BCUT2D eigenvalue weighted by Crippen LogP contribution is -2.42. The van der Waals surface area contributed by atoms with E-state index in [1.165, 1.54) is 11.3 Å². The Labute approximate surface area is 113 Å². The van der Waals surface area contributed by atoms with Crippen LogP contribution in [0.15, 0.2) is 35.2 Å². The average Bonchev–Trinajstić information content (AvgIpc) is 2.33. The smallest absolute Gasteiger partial charge is 0.221 e. The maximum Gasteiger partial charge on any atom is 0.221 e. The molecule has 0 aromatic heterocycles. The molecule has 1 saturated carbocycles. The number of hydrogen-bond donors (Lipinski definition) is 2. The first-order valence-corrected chi connectivity index (χ1v) is 7.45. The van der Waals surface area contributed by atoms with E-state index in [9.17, 15) is 4.79 Å². The van der Waals surface area contributed by atoms with E-state index in [2.05, 4.69) is 17.4 Å². The van der Waals surface area contributed by atoms with Crippen molar-refractivity contribution in [2.75, 3.05) is 5.75 Å². The van der Waals surface area contributed by atoms with Gasteiger partial charge in [0.15, 0.2) is 0 Å². The van der Waals surface area contributed by atoms with Crippen molar-refractivity contribution in [3.63, 3.8) is 0 Å². The van der Waals surface area contributed by atoms with Crippen molar-refractivity contribution < 1.29 is 4.79 Å². The molecule has 3 nitrogen and oxygen atoms in total. The average molecular weight is 264 g/mol. The molecule has 0 unspecified atom stereocenters. The van der Waals surface area contributed by atoms with Crippen molar-refractivity contribution in [3.05, 3.63) is 30.3 Å². The molecule has 0 saturated heterocycles. The van der Waals surface area contributed by atoms with Crippen molar-refractivity contribution >= 4 is 17.7 Å². The molecule has 0 aliphatic heterocycles. The zero-order chi connectivity index (χ0) is 12.8. The highest BCUT2D eigenvalue weighted by Crippen LogP contribution is 2.19. The molecular weight excluding hydrogens is 244 g/mol. The first kappa shape index (κ1) is 13.4. The number of nitrogens with two attached hydrogens (primary N) is 1. The summed E-state index contributed by atoms with van der Waals surface area (Å²) in [5.41, 5.74) is 5.98. The number of nitrogens with one attached hydrogen (secondary N) is 1. The van der Waals surface area contributed by atoms with Gasteiger partial charge in [0.1, 0.15) is 0 Å². The van der Waals surface area contributed by atoms with Gasteiger partial charge in [0.2, 0.25) is 5.91 Å². The summed E-state index contributed by atoms with van der Waals surface area (Å²) >= 11 is 1.70. The van der Waals surface area contributed by atoms with Crippen LogP contribution in [-0.2, 0) is 4.79 Å². The number of carbonyl (C=O) groups is 1. The summed E-state index contributed by atoms with van der Waals surface area (Å²) in [6.45, 7) is 0. The van der Waals surface area contributed by atoms with E-state index in [0.717, 1.165) is 18.6 Å². The molecule has 1 amide bonds. The highest BCUT2D eigenvalue weighted by Gasteiger charge is 2.20. The molecular formula is C14H20N2OS. The summed E-state index contributed by atoms with van der Waals surface area (Å²) in [7, 11) is 0. The summed E-state index contributed by atoms with van der Waals surface area (Å²) in [5, 5.41) is 3.02. The number of thioether (sulfide) groups is 1. The van der Waals surface area contributed by atoms with E-state index in [1.54, 1.807) is 11.8 Å². The van der Waals surface area contributed by atoms with Gasteiger partial charge in [-0.1, -0.05) is 18.2 Å². The monoisotopic (exact) mass is 264 g/mol. The number of amides is 1. The Morgan fingerprint density at radius 2 is 2.11 bits per heavy atom. The van der Waals surface area contributed by atoms with Gasteiger partial charge in [-0.25, -0.2) is 0 Å². The molecule has 1 aliphatic rings. The van der Waals surface area contributed by atoms with Crippen LogP contribution in [0.5, 0.6) is 0 Å². The Morgan fingerprint density at radius 3 is 2.72 bits per heavy atom. The minimum Gasteiger partial charge on any atom is -0.353 e. The van der Waals surface area contributed by atoms with Crippen LogP contribution in [0, 0.1) is 0 Å². The maximum atomic E-state index is 11.7. The third kappa shape index (κ3) is 4.35. The minimum absolute atomic E-state index is 0.0738. The lowest BCUT2D eigenvalue weighted by Gasteiger charge is -2.26. The molecule has 0 bridgehead atoms. The molecule has 1 atom stereocenters. The minimum atomic E-state index is -0.0738. The van der Waals surface area contributed by atoms with E-state index < -0.39 is 0 Å². The summed E-state index contributed by atoms with van der Waals surface area (Å²) in [6, 6.07) is 10.5. The predicted octanol–water partition coefficient (Wildman–Crippen LogP) is 2.16. The fourth-order valence-corrected chi connectivity index (χ4v) is 2.73. The Balaban J connectivity index is 1.65. The summed E-state index contributed by atoms with van der Waals surface area (Å²) < 4.78 is 0. The largest absolute Gasteiger partial charge is 0.353 e. The third-order valence-electron chi connectivity index (χ3n) is 3.13. The lowest BCUT2D eigenvalue weighted by atomic mass is 9.93. The number of hydrogen-bond acceptors (Lipinski definition) is 3. The van der Waals surface area contributed by atoms with Crippen LogP contribution < -0.4 is 11.1 Å². The van der Waals surface area contributed by atoms with Crippen LogP contribution in [0.2, 0.25) is 0 Å². The van der Waals surface area contributed by atoms with Crippen LogP contribution in [0.3, 0.4) is 0 Å². The molecule has 0 heterocycles. The molecule has 0 spiro atoms. The predicted molar refractivity (Wildman–Crippen MR) is 75.5 cm³/mol. The Kier molecular flexibility index (Phi) is 5.08. The zero-order valence-corrected chi connectivity index (χ0v) is 11.3. The van der Waals surface area contributed by atoms with Gasteiger partial charge in [-0.3, -0.25) is 4.79 Å². The molecule has 98 valence electrons. The summed E-state index contributed by atoms with van der Waals surface area (Å²) in [6.07, 6.45) is 3.91. The highest BCUT2D eigenvalue weighted by molar-refractivity contribution is 7.99. The van der Waals surface area contributed by atoms with Gasteiger partial charge in [-0.05, 0) is 31.4 Å². The van der Waals surface area contributed by atoms with Gasteiger partial charge in [0, 0.05) is 29.2 Å². The van der Waals surface area contributed by atoms with Gasteiger partial charge in [0.25, 0.3) is 0 Å². The summed E-state index contributed by atoms with van der Waals surface area (Å²) in [4.78, 5) is 12.9. The first-order valence-electron chi connectivity index (χ1n) is 6.47. The van der Waals surface area contributed by atoms with Crippen LogP contribution >= 0.6 is 11.8 Å². The first-order chi connectivity index (χ1) is 8.74. The molecule has 1 aliphatic carbocycles. The number of benzene rings is 1. The normalized spacial score (nSPS) is 16.9. The van der Waals surface area contributed by atoms with Crippen LogP contribution in [0.1, 0.15) is 25.7 Å².